The minimum absolute atomic E-state index is 0.0313. The van der Waals surface area contributed by atoms with Crippen LogP contribution < -0.4 is 9.47 Å². The minimum atomic E-state index is -0.735. The van der Waals surface area contributed by atoms with E-state index in [0.717, 1.165) is 5.56 Å². The standard InChI is InChI=1S/C26H22ClN3O6/c1-33-20-13-17(10-11-19(20)36-15-16-9-12-21(27)28-14-16)23-22(25(31)34-2)24(26(32)35-3)30(29-23)18-7-5-4-6-8-18/h4-14H,15H2,1-3H3. The first-order valence-electron chi connectivity index (χ1n) is 10.7. The lowest BCUT2D eigenvalue weighted by Gasteiger charge is -2.12. The Kier molecular flexibility index (Phi) is 7.50. The van der Waals surface area contributed by atoms with E-state index in [2.05, 4.69) is 10.1 Å². The van der Waals surface area contributed by atoms with E-state index < -0.39 is 11.9 Å². The smallest absolute Gasteiger partial charge is 0.357 e. The summed E-state index contributed by atoms with van der Waals surface area (Å²) in [5, 5.41) is 4.99. The molecule has 4 rings (SSSR count). The largest absolute Gasteiger partial charge is 0.493 e. The Morgan fingerprint density at radius 2 is 1.67 bits per heavy atom. The van der Waals surface area contributed by atoms with E-state index in [4.69, 9.17) is 30.5 Å². The number of carbonyl (C=O) groups is 2. The van der Waals surface area contributed by atoms with Gasteiger partial charge in [-0.05, 0) is 36.4 Å². The van der Waals surface area contributed by atoms with Crippen molar-refractivity contribution >= 4 is 23.5 Å². The molecule has 0 saturated heterocycles. The van der Waals surface area contributed by atoms with Crippen molar-refractivity contribution < 1.29 is 28.5 Å². The summed E-state index contributed by atoms with van der Waals surface area (Å²) in [6, 6.07) is 17.5. The number of aromatic nitrogens is 3. The van der Waals surface area contributed by atoms with Gasteiger partial charge in [0.2, 0.25) is 0 Å². The number of hydrogen-bond acceptors (Lipinski definition) is 8. The molecular formula is C26H22ClN3O6. The molecule has 0 amide bonds. The molecule has 36 heavy (non-hydrogen) atoms. The summed E-state index contributed by atoms with van der Waals surface area (Å²) in [6.07, 6.45) is 1.62. The van der Waals surface area contributed by atoms with Gasteiger partial charge < -0.3 is 18.9 Å². The Bertz CT molecular complexity index is 1390. The van der Waals surface area contributed by atoms with E-state index >= 15 is 0 Å². The van der Waals surface area contributed by atoms with Gasteiger partial charge in [0.15, 0.2) is 17.2 Å². The fourth-order valence-corrected chi connectivity index (χ4v) is 3.66. The van der Waals surface area contributed by atoms with Gasteiger partial charge in [-0.2, -0.15) is 5.10 Å². The fraction of sp³-hybridized carbons (Fsp3) is 0.154. The molecule has 9 nitrogen and oxygen atoms in total. The third-order valence-corrected chi connectivity index (χ3v) is 5.50. The molecule has 0 spiro atoms. The average Bonchev–Trinajstić information content (AvgIpc) is 3.33. The van der Waals surface area contributed by atoms with E-state index in [1.165, 1.54) is 26.0 Å². The Balaban J connectivity index is 1.79. The molecule has 0 N–H and O–H groups in total. The lowest BCUT2D eigenvalue weighted by atomic mass is 10.0. The predicted octanol–water partition coefficient (Wildman–Crippen LogP) is 4.75. The van der Waals surface area contributed by atoms with Crippen LogP contribution in [0.5, 0.6) is 11.5 Å². The monoisotopic (exact) mass is 507 g/mol. The van der Waals surface area contributed by atoms with Crippen LogP contribution in [0.15, 0.2) is 66.9 Å². The van der Waals surface area contributed by atoms with Crippen LogP contribution in [0.3, 0.4) is 0 Å². The Labute approximate surface area is 212 Å². The maximum absolute atomic E-state index is 12.8. The Morgan fingerprint density at radius 1 is 0.917 bits per heavy atom. The lowest BCUT2D eigenvalue weighted by molar-refractivity contribution is 0.0549. The highest BCUT2D eigenvalue weighted by atomic mass is 35.5. The average molecular weight is 508 g/mol. The third-order valence-electron chi connectivity index (χ3n) is 5.27. The van der Waals surface area contributed by atoms with Gasteiger partial charge >= 0.3 is 11.9 Å². The molecule has 0 radical (unpaired) electrons. The van der Waals surface area contributed by atoms with Gasteiger partial charge in [-0.3, -0.25) is 0 Å². The fourth-order valence-electron chi connectivity index (χ4n) is 3.54. The van der Waals surface area contributed by atoms with Gasteiger partial charge in [0.1, 0.15) is 23.0 Å². The first kappa shape index (κ1) is 24.7. The molecule has 0 aliphatic rings. The molecule has 4 aromatic rings. The number of para-hydroxylation sites is 1. The summed E-state index contributed by atoms with van der Waals surface area (Å²) in [7, 11) is 3.96. The molecular weight excluding hydrogens is 486 g/mol. The molecule has 184 valence electrons. The van der Waals surface area contributed by atoms with Gasteiger partial charge in [0, 0.05) is 17.3 Å². The third kappa shape index (κ3) is 5.01. The summed E-state index contributed by atoms with van der Waals surface area (Å²) in [5.41, 5.74) is 2.03. The van der Waals surface area contributed by atoms with Gasteiger partial charge in [0.05, 0.1) is 27.0 Å². The quantitative estimate of drug-likeness (QED) is 0.249. The number of hydrogen-bond donors (Lipinski definition) is 0. The summed E-state index contributed by atoms with van der Waals surface area (Å²) in [4.78, 5) is 29.6. The van der Waals surface area contributed by atoms with Gasteiger partial charge in [-0.1, -0.05) is 35.9 Å². The highest BCUT2D eigenvalue weighted by Crippen LogP contribution is 2.36. The number of methoxy groups -OCH3 is 3. The van der Waals surface area contributed by atoms with E-state index in [1.54, 1.807) is 54.7 Å². The van der Waals surface area contributed by atoms with Crippen molar-refractivity contribution in [3.63, 3.8) is 0 Å². The summed E-state index contributed by atoms with van der Waals surface area (Å²) < 4.78 is 22.7. The van der Waals surface area contributed by atoms with Crippen LogP contribution in [0.2, 0.25) is 5.15 Å². The van der Waals surface area contributed by atoms with Crippen LogP contribution in [0.1, 0.15) is 26.4 Å². The number of ether oxygens (including phenoxy) is 4. The molecule has 0 fully saturated rings. The highest BCUT2D eigenvalue weighted by molar-refractivity contribution is 6.29. The number of pyridine rings is 1. The van der Waals surface area contributed by atoms with Crippen LogP contribution >= 0.6 is 11.6 Å². The summed E-state index contributed by atoms with van der Waals surface area (Å²) in [6.45, 7) is 0.239. The van der Waals surface area contributed by atoms with E-state index in [0.29, 0.717) is 27.9 Å². The van der Waals surface area contributed by atoms with Gasteiger partial charge in [-0.15, -0.1) is 0 Å². The molecule has 0 unspecified atom stereocenters. The SMILES string of the molecule is COC(=O)c1c(-c2ccc(OCc3ccc(Cl)nc3)c(OC)c2)nn(-c2ccccc2)c1C(=O)OC. The maximum Gasteiger partial charge on any atom is 0.357 e. The number of benzene rings is 2. The first-order valence-corrected chi connectivity index (χ1v) is 11.1. The number of esters is 2. The zero-order chi connectivity index (χ0) is 25.7. The molecule has 2 heterocycles. The first-order chi connectivity index (χ1) is 17.5. The van der Waals surface area contributed by atoms with Crippen molar-refractivity contribution in [3.05, 3.63) is 88.8 Å². The van der Waals surface area contributed by atoms with Gasteiger partial charge in [-0.25, -0.2) is 19.3 Å². The molecule has 2 aromatic heterocycles. The van der Waals surface area contributed by atoms with E-state index in [-0.39, 0.29) is 23.6 Å². The molecule has 0 aliphatic carbocycles. The molecule has 10 heteroatoms. The topological polar surface area (TPSA) is 102 Å². The zero-order valence-electron chi connectivity index (χ0n) is 19.7. The molecule has 0 aliphatic heterocycles. The Morgan fingerprint density at radius 3 is 2.31 bits per heavy atom. The number of rotatable bonds is 8. The second kappa shape index (κ2) is 10.9. The molecule has 0 saturated carbocycles. The van der Waals surface area contributed by atoms with Crippen molar-refractivity contribution in [1.82, 2.24) is 14.8 Å². The lowest BCUT2D eigenvalue weighted by Crippen LogP contribution is -2.15. The zero-order valence-corrected chi connectivity index (χ0v) is 20.5. The summed E-state index contributed by atoms with van der Waals surface area (Å²) >= 11 is 5.84. The van der Waals surface area contributed by atoms with Crippen molar-refractivity contribution in [2.75, 3.05) is 21.3 Å². The van der Waals surface area contributed by atoms with E-state index in [9.17, 15) is 9.59 Å². The maximum atomic E-state index is 12.8. The number of halogens is 1. The van der Waals surface area contributed by atoms with Gasteiger partial charge in [0.25, 0.3) is 0 Å². The van der Waals surface area contributed by atoms with Crippen LogP contribution in [0, 0.1) is 0 Å². The highest BCUT2D eigenvalue weighted by Gasteiger charge is 2.31. The minimum Gasteiger partial charge on any atom is -0.493 e. The van der Waals surface area contributed by atoms with Crippen molar-refractivity contribution in [3.8, 4) is 28.4 Å². The van der Waals surface area contributed by atoms with E-state index in [1.807, 2.05) is 12.1 Å². The van der Waals surface area contributed by atoms with Crippen LogP contribution in [-0.4, -0.2) is 48.0 Å². The molecule has 2 aromatic carbocycles. The second-order valence-corrected chi connectivity index (χ2v) is 7.83. The number of nitrogens with zero attached hydrogens (tertiary/aromatic N) is 3. The molecule has 0 atom stereocenters. The van der Waals surface area contributed by atoms with Crippen LogP contribution in [0.25, 0.3) is 16.9 Å². The molecule has 0 bridgehead atoms. The van der Waals surface area contributed by atoms with Crippen LogP contribution in [-0.2, 0) is 16.1 Å². The van der Waals surface area contributed by atoms with Crippen molar-refractivity contribution in [1.29, 1.82) is 0 Å². The summed E-state index contributed by atoms with van der Waals surface area (Å²) in [5.74, 6) is -0.603. The predicted molar refractivity (Wildman–Crippen MR) is 132 cm³/mol. The normalized spacial score (nSPS) is 10.6. The number of carbonyl (C=O) groups excluding carboxylic acids is 2. The van der Waals surface area contributed by atoms with Crippen molar-refractivity contribution in [2.24, 2.45) is 0 Å². The van der Waals surface area contributed by atoms with Crippen LogP contribution in [0.4, 0.5) is 0 Å². The second-order valence-electron chi connectivity index (χ2n) is 7.45. The Hall–Kier alpha value is -4.37. The van der Waals surface area contributed by atoms with Crippen molar-refractivity contribution in [2.45, 2.75) is 6.61 Å².